The Bertz CT molecular complexity index is 1850. The summed E-state index contributed by atoms with van der Waals surface area (Å²) in [5, 5.41) is 1.50. The van der Waals surface area contributed by atoms with E-state index in [0.717, 1.165) is 5.56 Å². The third-order valence-corrected chi connectivity index (χ3v) is 24.1. The molecular weight excluding hydrogens is 805 g/mol. The lowest BCUT2D eigenvalue weighted by Gasteiger charge is -2.43. The first kappa shape index (κ1) is 48.4. The molecule has 2 aliphatic rings. The zero-order chi connectivity index (χ0) is 44.1. The number of benzene rings is 3. The van der Waals surface area contributed by atoms with E-state index < -0.39 is 38.5 Å². The van der Waals surface area contributed by atoms with Crippen LogP contribution in [-0.2, 0) is 43.5 Å². The Balaban J connectivity index is 1.30. The topological polar surface area (TPSA) is 97.4 Å². The second-order valence-corrected chi connectivity index (χ2v) is 30.8. The van der Waals surface area contributed by atoms with Crippen molar-refractivity contribution in [1.82, 2.24) is 0 Å². The largest absolute Gasteiger partial charge is 0.411 e. The number of hydrogen-bond acceptors (Lipinski definition) is 8. The molecule has 0 saturated carbocycles. The number of ether oxygens (including phenoxy) is 3. The standard InChI is InChI=1S/C49H72O8SSi2/c1-35-23-26-39(27-24-35)58(52)46(30-25-37-33-53-49(9,10)56-37)43(51)29-28-42(50)36(2)31-44-45(57-59(11,12)47(3,4)5)32-38(55-44)34-54-60(48(6,7)8,40-19-15-13-16-20-40)41-21-17-14-18-22-41/h13-24,26-27,36-38,44-46H,25,28-34H2,1-12H3/t36-,37-,38+,44-,45-,46?,58?/m0/s1. The first-order valence-electron chi connectivity index (χ1n) is 22.0. The first-order chi connectivity index (χ1) is 28.0. The van der Waals surface area contributed by atoms with Gasteiger partial charge >= 0.3 is 0 Å². The Morgan fingerprint density at radius 2 is 1.40 bits per heavy atom. The van der Waals surface area contributed by atoms with Gasteiger partial charge in [0.05, 0.1) is 53.7 Å². The molecule has 3 aromatic rings. The first-order valence-corrected chi connectivity index (χ1v) is 28.0. The Hall–Kier alpha value is -2.62. The third kappa shape index (κ3) is 11.9. The van der Waals surface area contributed by atoms with Gasteiger partial charge < -0.3 is 23.1 Å². The highest BCUT2D eigenvalue weighted by Gasteiger charge is 2.52. The highest BCUT2D eigenvalue weighted by Crippen LogP contribution is 2.42. The maximum atomic E-state index is 13.9. The van der Waals surface area contributed by atoms with Crippen LogP contribution in [0.5, 0.6) is 0 Å². The second kappa shape index (κ2) is 19.8. The molecule has 0 aliphatic carbocycles. The molecule has 2 heterocycles. The van der Waals surface area contributed by atoms with Crippen LogP contribution < -0.4 is 10.4 Å². The van der Waals surface area contributed by atoms with Crippen molar-refractivity contribution < 1.29 is 36.9 Å². The molecule has 0 N–H and O–H groups in total. The van der Waals surface area contributed by atoms with Gasteiger partial charge in [0.2, 0.25) is 0 Å². The number of rotatable bonds is 19. The van der Waals surface area contributed by atoms with Gasteiger partial charge in [0.25, 0.3) is 8.32 Å². The van der Waals surface area contributed by atoms with Gasteiger partial charge in [-0.2, -0.15) is 0 Å². The molecule has 2 fully saturated rings. The van der Waals surface area contributed by atoms with Crippen LogP contribution in [0, 0.1) is 12.8 Å². The van der Waals surface area contributed by atoms with Crippen LogP contribution in [0.15, 0.2) is 89.8 Å². The Kier molecular flexibility index (Phi) is 16.0. The maximum Gasteiger partial charge on any atom is 0.261 e. The van der Waals surface area contributed by atoms with Crippen LogP contribution in [0.3, 0.4) is 0 Å². The zero-order valence-corrected chi connectivity index (χ0v) is 41.2. The van der Waals surface area contributed by atoms with Crippen molar-refractivity contribution in [3.8, 4) is 0 Å². The average Bonchev–Trinajstić information content (AvgIpc) is 3.73. The summed E-state index contributed by atoms with van der Waals surface area (Å²) in [6, 6.07) is 28.8. The smallest absolute Gasteiger partial charge is 0.261 e. The fourth-order valence-electron chi connectivity index (χ4n) is 8.38. The van der Waals surface area contributed by atoms with Gasteiger partial charge in [-0.05, 0) is 85.7 Å². The summed E-state index contributed by atoms with van der Waals surface area (Å²) in [5.74, 6) is -1.21. The minimum Gasteiger partial charge on any atom is -0.411 e. The van der Waals surface area contributed by atoms with Crippen LogP contribution in [0.1, 0.15) is 106 Å². The van der Waals surface area contributed by atoms with Crippen molar-refractivity contribution in [2.75, 3.05) is 13.2 Å². The quantitative estimate of drug-likeness (QED) is 0.110. The van der Waals surface area contributed by atoms with E-state index in [-0.39, 0.29) is 64.8 Å². The van der Waals surface area contributed by atoms with Crippen molar-refractivity contribution in [2.45, 2.75) is 171 Å². The molecule has 0 aromatic heterocycles. The van der Waals surface area contributed by atoms with Gasteiger partial charge in [0.15, 0.2) is 14.1 Å². The molecule has 2 aliphatic heterocycles. The monoisotopic (exact) mass is 876 g/mol. The molecule has 2 saturated heterocycles. The Morgan fingerprint density at radius 3 is 1.92 bits per heavy atom. The molecule has 0 bridgehead atoms. The van der Waals surface area contributed by atoms with E-state index in [0.29, 0.717) is 43.8 Å². The van der Waals surface area contributed by atoms with E-state index in [1.165, 1.54) is 10.4 Å². The SMILES string of the molecule is Cc1ccc(S(=O)C(CC[C@H]2COC(C)(C)O2)C(=O)CCC(=O)[C@@H](C)C[C@@H]2O[C@@H](CO[Si](c3ccccc3)(c3ccccc3)C(C)(C)C)C[C@@H]2O[Si](C)(C)C(C)(C)C)cc1. The highest BCUT2D eigenvalue weighted by molar-refractivity contribution is 7.86. The van der Waals surface area contributed by atoms with E-state index in [4.69, 9.17) is 23.1 Å². The lowest BCUT2D eigenvalue weighted by atomic mass is 9.92. The molecule has 7 atom stereocenters. The summed E-state index contributed by atoms with van der Waals surface area (Å²) >= 11 is 0. The van der Waals surface area contributed by atoms with Crippen LogP contribution in [0.2, 0.25) is 23.2 Å². The van der Waals surface area contributed by atoms with E-state index in [1.54, 1.807) is 0 Å². The molecule has 2 unspecified atom stereocenters. The molecule has 0 radical (unpaired) electrons. The predicted molar refractivity (Wildman–Crippen MR) is 247 cm³/mol. The van der Waals surface area contributed by atoms with Gasteiger partial charge in [-0.3, -0.25) is 13.8 Å². The van der Waals surface area contributed by atoms with Gasteiger partial charge in [0.1, 0.15) is 11.6 Å². The summed E-state index contributed by atoms with van der Waals surface area (Å²) in [5.41, 5.74) is 1.05. The van der Waals surface area contributed by atoms with Crippen LogP contribution in [0.4, 0.5) is 0 Å². The Labute approximate surface area is 365 Å². The number of Topliss-reactive ketones (excluding diaryl/α,β-unsaturated/α-hetero) is 2. The number of aryl methyl sites for hydroxylation is 1. The molecule has 330 valence electrons. The van der Waals surface area contributed by atoms with Crippen molar-refractivity contribution in [2.24, 2.45) is 5.92 Å². The predicted octanol–water partition coefficient (Wildman–Crippen LogP) is 9.47. The van der Waals surface area contributed by atoms with E-state index >= 15 is 0 Å². The summed E-state index contributed by atoms with van der Waals surface area (Å²) in [6.07, 6.45) is 1.30. The van der Waals surface area contributed by atoms with E-state index in [2.05, 4.69) is 115 Å². The van der Waals surface area contributed by atoms with Crippen LogP contribution >= 0.6 is 0 Å². The van der Waals surface area contributed by atoms with Gasteiger partial charge in [-0.15, -0.1) is 0 Å². The van der Waals surface area contributed by atoms with E-state index in [1.807, 2.05) is 52.0 Å². The molecule has 3 aromatic carbocycles. The minimum atomic E-state index is -2.80. The van der Waals surface area contributed by atoms with Crippen molar-refractivity contribution in [3.05, 3.63) is 90.5 Å². The third-order valence-electron chi connectivity index (χ3n) is 12.9. The van der Waals surface area contributed by atoms with Crippen molar-refractivity contribution >= 4 is 49.4 Å². The number of carbonyl (C=O) groups excluding carboxylic acids is 2. The minimum absolute atomic E-state index is 0.000757. The molecule has 0 amide bonds. The van der Waals surface area contributed by atoms with Crippen LogP contribution in [-0.4, -0.2) is 81.1 Å². The molecule has 5 rings (SSSR count). The molecule has 60 heavy (non-hydrogen) atoms. The van der Waals surface area contributed by atoms with Crippen LogP contribution in [0.25, 0.3) is 0 Å². The summed E-state index contributed by atoms with van der Waals surface area (Å²) in [6.45, 7) is 26.6. The molecule has 0 spiro atoms. The number of hydrogen-bond donors (Lipinski definition) is 0. The van der Waals surface area contributed by atoms with Gasteiger partial charge in [-0.1, -0.05) is 127 Å². The normalized spacial score (nSPS) is 22.7. The summed E-state index contributed by atoms with van der Waals surface area (Å²) < 4.78 is 47.0. The fourth-order valence-corrected chi connectivity index (χ4v) is 15.8. The van der Waals surface area contributed by atoms with Crippen molar-refractivity contribution in [3.63, 3.8) is 0 Å². The fraction of sp³-hybridized carbons (Fsp3) is 0.592. The zero-order valence-electron chi connectivity index (χ0n) is 38.4. The summed E-state index contributed by atoms with van der Waals surface area (Å²) in [4.78, 5) is 28.5. The molecule has 8 nitrogen and oxygen atoms in total. The maximum absolute atomic E-state index is 13.9. The Morgan fingerprint density at radius 1 is 0.833 bits per heavy atom. The number of carbonyl (C=O) groups is 2. The van der Waals surface area contributed by atoms with Gasteiger partial charge in [0, 0.05) is 30.1 Å². The van der Waals surface area contributed by atoms with E-state index in [9.17, 15) is 13.8 Å². The second-order valence-electron chi connectivity index (χ2n) is 20.1. The van der Waals surface area contributed by atoms with Crippen molar-refractivity contribution in [1.29, 1.82) is 0 Å². The van der Waals surface area contributed by atoms with Gasteiger partial charge in [-0.25, -0.2) is 0 Å². The molecule has 11 heteroatoms. The lowest BCUT2D eigenvalue weighted by Crippen LogP contribution is -2.67. The lowest BCUT2D eigenvalue weighted by molar-refractivity contribution is -0.139. The average molecular weight is 877 g/mol. The number of ketones is 2. The highest BCUT2D eigenvalue weighted by atomic mass is 32.2. The summed E-state index contributed by atoms with van der Waals surface area (Å²) in [7, 11) is -6.59. The molecular formula is C49H72O8SSi2.